The molecule has 1 saturated heterocycles. The average molecular weight is 396 g/mol. The number of hydrogen-bond donors (Lipinski definition) is 1. The Morgan fingerprint density at radius 3 is 2.39 bits per heavy atom. The van der Waals surface area contributed by atoms with Crippen molar-refractivity contribution in [1.29, 1.82) is 0 Å². The van der Waals surface area contributed by atoms with E-state index in [9.17, 15) is 9.90 Å². The highest BCUT2D eigenvalue weighted by Crippen LogP contribution is 2.30. The van der Waals surface area contributed by atoms with Crippen LogP contribution < -0.4 is 4.90 Å². The van der Waals surface area contributed by atoms with Crippen molar-refractivity contribution in [3.8, 4) is 5.75 Å². The van der Waals surface area contributed by atoms with Crippen molar-refractivity contribution in [2.24, 2.45) is 0 Å². The first-order chi connectivity index (χ1) is 13.5. The van der Waals surface area contributed by atoms with E-state index >= 15 is 0 Å². The molecule has 146 valence electrons. The van der Waals surface area contributed by atoms with Gasteiger partial charge in [0.25, 0.3) is 5.91 Å². The second-order valence-electron chi connectivity index (χ2n) is 6.66. The molecule has 2 aromatic carbocycles. The molecule has 5 nitrogen and oxygen atoms in total. The van der Waals surface area contributed by atoms with E-state index in [-0.39, 0.29) is 11.7 Å². The molecule has 6 heteroatoms. The molecule has 0 saturated carbocycles. The van der Waals surface area contributed by atoms with Gasteiger partial charge in [-0.2, -0.15) is 0 Å². The number of rotatable bonds is 6. The lowest BCUT2D eigenvalue weighted by Crippen LogP contribution is -2.30. The fourth-order valence-corrected chi connectivity index (χ4v) is 3.55. The van der Waals surface area contributed by atoms with Crippen LogP contribution in [0.2, 0.25) is 0 Å². The van der Waals surface area contributed by atoms with Crippen molar-refractivity contribution in [3.05, 3.63) is 65.4 Å². The van der Waals surface area contributed by atoms with E-state index in [1.54, 1.807) is 29.0 Å². The summed E-state index contributed by atoms with van der Waals surface area (Å²) in [4.78, 5) is 18.4. The van der Waals surface area contributed by atoms with Gasteiger partial charge in [0.1, 0.15) is 11.4 Å². The van der Waals surface area contributed by atoms with Crippen LogP contribution in [0.15, 0.2) is 54.2 Å². The molecule has 1 heterocycles. The maximum absolute atomic E-state index is 13.0. The SMILES string of the molecule is CCN(CC)c1ccc(/C=C2\C(=O)N(Cc3ccccc3)C(=S)N2C)c(O)c1. The highest BCUT2D eigenvalue weighted by molar-refractivity contribution is 7.80. The van der Waals surface area contributed by atoms with E-state index in [2.05, 4.69) is 18.7 Å². The lowest BCUT2D eigenvalue weighted by molar-refractivity contribution is -0.122. The van der Waals surface area contributed by atoms with Gasteiger partial charge in [0, 0.05) is 37.5 Å². The molecule has 0 radical (unpaired) electrons. The number of thiocarbonyl (C=S) groups is 1. The van der Waals surface area contributed by atoms with Gasteiger partial charge in [-0.25, -0.2) is 0 Å². The van der Waals surface area contributed by atoms with Gasteiger partial charge in [-0.1, -0.05) is 30.3 Å². The van der Waals surface area contributed by atoms with Crippen LogP contribution in [0.4, 0.5) is 5.69 Å². The first-order valence-corrected chi connectivity index (χ1v) is 9.80. The Bertz CT molecular complexity index is 907. The molecule has 0 spiro atoms. The number of anilines is 1. The summed E-state index contributed by atoms with van der Waals surface area (Å²) in [5, 5.41) is 10.9. The highest BCUT2D eigenvalue weighted by atomic mass is 32.1. The molecule has 3 rings (SSSR count). The molecule has 2 aromatic rings. The summed E-state index contributed by atoms with van der Waals surface area (Å²) in [6.45, 7) is 6.30. The number of phenolic OH excluding ortho intramolecular Hbond substituents is 1. The van der Waals surface area contributed by atoms with Crippen molar-refractivity contribution in [1.82, 2.24) is 9.80 Å². The molecule has 0 atom stereocenters. The van der Waals surface area contributed by atoms with E-state index in [0.717, 1.165) is 24.3 Å². The molecule has 0 bridgehead atoms. The van der Waals surface area contributed by atoms with Crippen LogP contribution in [0.25, 0.3) is 6.08 Å². The smallest absolute Gasteiger partial charge is 0.277 e. The minimum absolute atomic E-state index is 0.144. The average Bonchev–Trinajstić information content (AvgIpc) is 2.89. The standard InChI is InChI=1S/C22H25N3O2S/c1-4-24(5-2)18-12-11-17(20(26)14-18)13-19-21(27)25(22(28)23(19)3)15-16-9-7-6-8-10-16/h6-14,26H,4-5,15H2,1-3H3/b19-13+. The normalized spacial score (nSPS) is 15.6. The quantitative estimate of drug-likeness (QED) is 0.595. The molecule has 28 heavy (non-hydrogen) atoms. The van der Waals surface area contributed by atoms with Crippen molar-refractivity contribution in [2.75, 3.05) is 25.0 Å². The van der Waals surface area contributed by atoms with Crippen LogP contribution >= 0.6 is 12.2 Å². The molecule has 1 aliphatic rings. The van der Waals surface area contributed by atoms with Crippen LogP contribution in [0.5, 0.6) is 5.75 Å². The zero-order chi connectivity index (χ0) is 20.3. The Balaban J connectivity index is 1.87. The summed E-state index contributed by atoms with van der Waals surface area (Å²) in [5.41, 5.74) is 3.01. The van der Waals surface area contributed by atoms with E-state index < -0.39 is 0 Å². The molecular weight excluding hydrogens is 370 g/mol. The fraction of sp³-hybridized carbons (Fsp3) is 0.273. The maximum atomic E-state index is 13.0. The number of nitrogens with zero attached hydrogens (tertiary/aromatic N) is 3. The minimum atomic E-state index is -0.163. The van der Waals surface area contributed by atoms with E-state index in [4.69, 9.17) is 12.2 Å². The zero-order valence-electron chi connectivity index (χ0n) is 16.4. The molecule has 0 aromatic heterocycles. The van der Waals surface area contributed by atoms with E-state index in [1.165, 1.54) is 0 Å². The lowest BCUT2D eigenvalue weighted by atomic mass is 10.1. The monoisotopic (exact) mass is 395 g/mol. The maximum Gasteiger partial charge on any atom is 0.277 e. The van der Waals surface area contributed by atoms with Crippen LogP contribution in [-0.2, 0) is 11.3 Å². The Morgan fingerprint density at radius 2 is 1.79 bits per heavy atom. The highest BCUT2D eigenvalue weighted by Gasteiger charge is 2.35. The number of hydrogen-bond acceptors (Lipinski definition) is 4. The third kappa shape index (κ3) is 3.87. The van der Waals surface area contributed by atoms with Crippen molar-refractivity contribution in [2.45, 2.75) is 20.4 Å². The van der Waals surface area contributed by atoms with E-state index in [0.29, 0.717) is 22.9 Å². The van der Waals surface area contributed by atoms with Crippen LogP contribution in [0, 0.1) is 0 Å². The van der Waals surface area contributed by atoms with E-state index in [1.807, 2.05) is 42.5 Å². The van der Waals surface area contributed by atoms with Crippen molar-refractivity contribution >= 4 is 35.0 Å². The molecular formula is C22H25N3O2S. The number of carbonyl (C=O) groups is 1. The molecule has 0 unspecified atom stereocenters. The first-order valence-electron chi connectivity index (χ1n) is 9.39. The molecule has 1 N–H and O–H groups in total. The summed E-state index contributed by atoms with van der Waals surface area (Å²) in [5.74, 6) is -0.0194. The molecule has 0 aliphatic carbocycles. The van der Waals surface area contributed by atoms with Crippen LogP contribution in [0.3, 0.4) is 0 Å². The Labute approximate surface area is 171 Å². The number of carbonyl (C=O) groups excluding carboxylic acids is 1. The topological polar surface area (TPSA) is 47.0 Å². The lowest BCUT2D eigenvalue weighted by Gasteiger charge is -2.21. The van der Waals surface area contributed by atoms with Gasteiger partial charge in [0.05, 0.1) is 6.54 Å². The summed E-state index contributed by atoms with van der Waals surface area (Å²) in [7, 11) is 1.78. The first kappa shape index (κ1) is 19.9. The predicted octanol–water partition coefficient (Wildman–Crippen LogP) is 3.84. The van der Waals surface area contributed by atoms with Gasteiger partial charge in [-0.05, 0) is 49.8 Å². The number of aromatic hydroxyl groups is 1. The van der Waals surface area contributed by atoms with Crippen molar-refractivity contribution < 1.29 is 9.90 Å². The van der Waals surface area contributed by atoms with Gasteiger partial charge in [-0.15, -0.1) is 0 Å². The fourth-order valence-electron chi connectivity index (χ4n) is 3.30. The second kappa shape index (κ2) is 8.44. The zero-order valence-corrected chi connectivity index (χ0v) is 17.2. The van der Waals surface area contributed by atoms with Crippen LogP contribution in [-0.4, -0.2) is 46.1 Å². The second-order valence-corrected chi connectivity index (χ2v) is 7.03. The molecule has 1 fully saturated rings. The number of phenols is 1. The number of benzene rings is 2. The third-order valence-electron chi connectivity index (χ3n) is 4.96. The Morgan fingerprint density at radius 1 is 1.11 bits per heavy atom. The Hall–Kier alpha value is -2.86. The number of amides is 1. The van der Waals surface area contributed by atoms with Gasteiger partial charge in [-0.3, -0.25) is 9.69 Å². The summed E-state index contributed by atoms with van der Waals surface area (Å²) >= 11 is 5.47. The summed E-state index contributed by atoms with van der Waals surface area (Å²) in [6.07, 6.45) is 1.70. The Kier molecular flexibility index (Phi) is 5.99. The van der Waals surface area contributed by atoms with Crippen LogP contribution in [0.1, 0.15) is 25.0 Å². The number of likely N-dealkylation sites (N-methyl/N-ethyl adjacent to an activating group) is 1. The van der Waals surface area contributed by atoms with Crippen molar-refractivity contribution in [3.63, 3.8) is 0 Å². The van der Waals surface area contributed by atoms with Gasteiger partial charge in [0.2, 0.25) is 0 Å². The summed E-state index contributed by atoms with van der Waals surface area (Å²) in [6, 6.07) is 15.3. The van der Waals surface area contributed by atoms with Gasteiger partial charge < -0.3 is 14.9 Å². The summed E-state index contributed by atoms with van der Waals surface area (Å²) < 4.78 is 0. The predicted molar refractivity (Wildman–Crippen MR) is 117 cm³/mol. The molecule has 1 amide bonds. The van der Waals surface area contributed by atoms with Gasteiger partial charge >= 0.3 is 0 Å². The third-order valence-corrected chi connectivity index (χ3v) is 5.46. The minimum Gasteiger partial charge on any atom is -0.507 e. The largest absolute Gasteiger partial charge is 0.507 e. The van der Waals surface area contributed by atoms with Gasteiger partial charge in [0.15, 0.2) is 5.11 Å². The molecule has 1 aliphatic heterocycles.